The molecular weight excluding hydrogens is 245 g/mol. The summed E-state index contributed by atoms with van der Waals surface area (Å²) >= 11 is 0. The number of rotatable bonds is 2. The standard InChI is InChI=1S/C11H15F3N4/c1-16-10-3-2-4-18(10)7-5-8(11(12,13)14)17-9(15)6-7/h5-6,10,16H,2-4H2,1H3,(H2,15,17). The van der Waals surface area contributed by atoms with Gasteiger partial charge in [-0.15, -0.1) is 0 Å². The van der Waals surface area contributed by atoms with Crippen LogP contribution in [0.25, 0.3) is 0 Å². The number of hydrogen-bond donors (Lipinski definition) is 2. The third kappa shape index (κ3) is 2.50. The number of anilines is 2. The summed E-state index contributed by atoms with van der Waals surface area (Å²) in [5.41, 5.74) is 4.97. The highest BCUT2D eigenvalue weighted by atomic mass is 19.4. The number of nitrogens with two attached hydrogens (primary N) is 1. The summed E-state index contributed by atoms with van der Waals surface area (Å²) in [5.74, 6) is -0.110. The number of pyridine rings is 1. The van der Waals surface area contributed by atoms with Crippen molar-refractivity contribution < 1.29 is 13.2 Å². The maximum Gasteiger partial charge on any atom is 0.433 e. The second kappa shape index (κ2) is 4.64. The summed E-state index contributed by atoms with van der Waals surface area (Å²) in [6, 6.07) is 2.52. The first-order valence-electron chi connectivity index (χ1n) is 5.70. The van der Waals surface area contributed by atoms with Gasteiger partial charge < -0.3 is 16.0 Å². The van der Waals surface area contributed by atoms with Gasteiger partial charge in [0.1, 0.15) is 11.5 Å². The van der Waals surface area contributed by atoms with Gasteiger partial charge >= 0.3 is 6.18 Å². The molecule has 0 amide bonds. The van der Waals surface area contributed by atoms with Crippen molar-refractivity contribution in [2.75, 3.05) is 24.2 Å². The van der Waals surface area contributed by atoms with Gasteiger partial charge in [0.05, 0.1) is 6.17 Å². The Morgan fingerprint density at radius 3 is 2.78 bits per heavy atom. The molecule has 1 aromatic heterocycles. The molecule has 4 nitrogen and oxygen atoms in total. The van der Waals surface area contributed by atoms with E-state index in [1.165, 1.54) is 6.07 Å². The summed E-state index contributed by atoms with van der Waals surface area (Å²) in [5, 5.41) is 3.07. The number of nitrogens with zero attached hydrogens (tertiary/aromatic N) is 2. The van der Waals surface area contributed by atoms with Gasteiger partial charge in [0.25, 0.3) is 0 Å². The Balaban J connectivity index is 2.36. The fourth-order valence-corrected chi connectivity index (χ4v) is 2.22. The third-order valence-electron chi connectivity index (χ3n) is 3.04. The molecule has 0 saturated carbocycles. The number of aromatic nitrogens is 1. The van der Waals surface area contributed by atoms with Crippen molar-refractivity contribution in [1.29, 1.82) is 0 Å². The molecule has 1 saturated heterocycles. The minimum absolute atomic E-state index is 0.0490. The normalized spacial score (nSPS) is 20.4. The van der Waals surface area contributed by atoms with E-state index >= 15 is 0 Å². The molecule has 1 aromatic rings. The van der Waals surface area contributed by atoms with Crippen LogP contribution in [0.1, 0.15) is 18.5 Å². The average molecular weight is 260 g/mol. The molecule has 7 heteroatoms. The second-order valence-corrected chi connectivity index (χ2v) is 4.27. The van der Waals surface area contributed by atoms with E-state index in [0.717, 1.165) is 18.9 Å². The Morgan fingerprint density at radius 2 is 2.17 bits per heavy atom. The van der Waals surface area contributed by atoms with Crippen LogP contribution >= 0.6 is 0 Å². The topological polar surface area (TPSA) is 54.2 Å². The van der Waals surface area contributed by atoms with Gasteiger partial charge in [-0.3, -0.25) is 0 Å². The highest BCUT2D eigenvalue weighted by molar-refractivity contribution is 5.55. The molecule has 1 atom stereocenters. The van der Waals surface area contributed by atoms with E-state index in [2.05, 4.69) is 10.3 Å². The van der Waals surface area contributed by atoms with Crippen molar-refractivity contribution in [3.8, 4) is 0 Å². The molecular formula is C11H15F3N4. The first-order chi connectivity index (χ1) is 8.41. The van der Waals surface area contributed by atoms with Crippen LogP contribution in [0, 0.1) is 0 Å². The zero-order valence-electron chi connectivity index (χ0n) is 9.96. The van der Waals surface area contributed by atoms with Crippen molar-refractivity contribution in [3.05, 3.63) is 17.8 Å². The highest BCUT2D eigenvalue weighted by Gasteiger charge is 2.34. The van der Waals surface area contributed by atoms with Gasteiger partial charge in [-0.1, -0.05) is 0 Å². The first kappa shape index (κ1) is 12.9. The lowest BCUT2D eigenvalue weighted by molar-refractivity contribution is -0.141. The van der Waals surface area contributed by atoms with Gasteiger partial charge in [-0.25, -0.2) is 4.98 Å². The van der Waals surface area contributed by atoms with Gasteiger partial charge in [0.2, 0.25) is 0 Å². The minimum atomic E-state index is -4.47. The van der Waals surface area contributed by atoms with Crippen LogP contribution in [-0.4, -0.2) is 24.7 Å². The van der Waals surface area contributed by atoms with E-state index < -0.39 is 11.9 Å². The molecule has 3 N–H and O–H groups in total. The number of halogens is 3. The predicted molar refractivity (Wildman–Crippen MR) is 63.1 cm³/mol. The molecule has 2 rings (SSSR count). The molecule has 0 aromatic carbocycles. The molecule has 1 aliphatic heterocycles. The summed E-state index contributed by atoms with van der Waals surface area (Å²) in [6.07, 6.45) is -2.58. The van der Waals surface area contributed by atoms with E-state index in [1.807, 2.05) is 4.90 Å². The first-order valence-corrected chi connectivity index (χ1v) is 5.70. The summed E-state index contributed by atoms with van der Waals surface area (Å²) in [4.78, 5) is 5.22. The van der Waals surface area contributed by atoms with E-state index in [0.29, 0.717) is 12.2 Å². The number of nitrogen functional groups attached to an aromatic ring is 1. The predicted octanol–water partition coefficient (Wildman–Crippen LogP) is 1.83. The molecule has 0 spiro atoms. The zero-order valence-corrected chi connectivity index (χ0v) is 9.96. The molecule has 0 radical (unpaired) electrons. The lowest BCUT2D eigenvalue weighted by Crippen LogP contribution is -2.39. The fraction of sp³-hybridized carbons (Fsp3) is 0.545. The number of hydrogen-bond acceptors (Lipinski definition) is 4. The maximum atomic E-state index is 12.7. The van der Waals surface area contributed by atoms with Crippen LogP contribution in [0.2, 0.25) is 0 Å². The number of nitrogens with one attached hydrogen (secondary N) is 1. The van der Waals surface area contributed by atoms with Crippen LogP contribution in [0.3, 0.4) is 0 Å². The second-order valence-electron chi connectivity index (χ2n) is 4.27. The van der Waals surface area contributed by atoms with Crippen molar-refractivity contribution in [3.63, 3.8) is 0 Å². The summed E-state index contributed by atoms with van der Waals surface area (Å²) in [6.45, 7) is 0.715. The van der Waals surface area contributed by atoms with E-state index in [4.69, 9.17) is 5.73 Å². The van der Waals surface area contributed by atoms with Crippen LogP contribution in [0.4, 0.5) is 24.7 Å². The van der Waals surface area contributed by atoms with Crippen molar-refractivity contribution in [2.45, 2.75) is 25.2 Å². The largest absolute Gasteiger partial charge is 0.433 e. The fourth-order valence-electron chi connectivity index (χ4n) is 2.22. The van der Waals surface area contributed by atoms with E-state index in [9.17, 15) is 13.2 Å². The van der Waals surface area contributed by atoms with E-state index in [1.54, 1.807) is 7.05 Å². The van der Waals surface area contributed by atoms with Crippen LogP contribution in [-0.2, 0) is 6.18 Å². The zero-order chi connectivity index (χ0) is 13.3. The van der Waals surface area contributed by atoms with Gasteiger partial charge in [0, 0.05) is 18.3 Å². The molecule has 100 valence electrons. The quantitative estimate of drug-likeness (QED) is 0.851. The average Bonchev–Trinajstić information content (AvgIpc) is 2.74. The Kier molecular flexibility index (Phi) is 3.34. The minimum Gasteiger partial charge on any atom is -0.384 e. The Labute approximate surface area is 103 Å². The molecule has 1 unspecified atom stereocenters. The Hall–Kier alpha value is -1.50. The maximum absolute atomic E-state index is 12.7. The summed E-state index contributed by atoms with van der Waals surface area (Å²) in [7, 11) is 1.79. The van der Waals surface area contributed by atoms with Crippen molar-refractivity contribution in [2.24, 2.45) is 0 Å². The van der Waals surface area contributed by atoms with Crippen LogP contribution < -0.4 is 16.0 Å². The monoisotopic (exact) mass is 260 g/mol. The Morgan fingerprint density at radius 1 is 1.44 bits per heavy atom. The molecule has 2 heterocycles. The number of alkyl halides is 3. The molecule has 0 bridgehead atoms. The smallest absolute Gasteiger partial charge is 0.384 e. The van der Waals surface area contributed by atoms with Gasteiger partial charge in [0.15, 0.2) is 0 Å². The Bertz CT molecular complexity index is 433. The van der Waals surface area contributed by atoms with Crippen LogP contribution in [0.5, 0.6) is 0 Å². The summed E-state index contributed by atoms with van der Waals surface area (Å²) < 4.78 is 38.0. The van der Waals surface area contributed by atoms with Gasteiger partial charge in [-0.05, 0) is 26.0 Å². The molecule has 1 fully saturated rings. The van der Waals surface area contributed by atoms with Crippen molar-refractivity contribution in [1.82, 2.24) is 10.3 Å². The molecule has 18 heavy (non-hydrogen) atoms. The van der Waals surface area contributed by atoms with Crippen LogP contribution in [0.15, 0.2) is 12.1 Å². The van der Waals surface area contributed by atoms with Crippen molar-refractivity contribution >= 4 is 11.5 Å². The van der Waals surface area contributed by atoms with Gasteiger partial charge in [-0.2, -0.15) is 13.2 Å². The highest BCUT2D eigenvalue weighted by Crippen LogP contribution is 2.33. The lowest BCUT2D eigenvalue weighted by Gasteiger charge is -2.27. The SMILES string of the molecule is CNC1CCCN1c1cc(N)nc(C(F)(F)F)c1. The third-order valence-corrected chi connectivity index (χ3v) is 3.04. The molecule has 0 aliphatic carbocycles. The van der Waals surface area contributed by atoms with E-state index in [-0.39, 0.29) is 12.0 Å². The lowest BCUT2D eigenvalue weighted by atomic mass is 10.2. The molecule has 1 aliphatic rings.